The van der Waals surface area contributed by atoms with Crippen molar-refractivity contribution in [1.82, 2.24) is 0 Å². The second-order valence-corrected chi connectivity index (χ2v) is 11.4. The summed E-state index contributed by atoms with van der Waals surface area (Å²) in [6, 6.07) is 8.60. The van der Waals surface area contributed by atoms with Gasteiger partial charge in [0.15, 0.2) is 0 Å². The van der Waals surface area contributed by atoms with Crippen molar-refractivity contribution in [3.63, 3.8) is 0 Å². The van der Waals surface area contributed by atoms with Crippen molar-refractivity contribution in [3.05, 3.63) is 57.6 Å². The smallest absolute Gasteiger partial charge is 0.122 e. The van der Waals surface area contributed by atoms with E-state index in [0.717, 1.165) is 35.1 Å². The fourth-order valence-corrected chi connectivity index (χ4v) is 3.97. The van der Waals surface area contributed by atoms with Gasteiger partial charge >= 0.3 is 0 Å². The summed E-state index contributed by atoms with van der Waals surface area (Å²) in [6.45, 7) is 21.9. The van der Waals surface area contributed by atoms with E-state index in [1.807, 2.05) is 0 Å². The van der Waals surface area contributed by atoms with Crippen molar-refractivity contribution in [2.75, 3.05) is 0 Å². The molecular weight excluding hydrogens is 380 g/mol. The van der Waals surface area contributed by atoms with Crippen molar-refractivity contribution in [3.8, 4) is 11.5 Å². The maximum absolute atomic E-state index is 11.2. The summed E-state index contributed by atoms with van der Waals surface area (Å²) >= 11 is 0. The first-order valence-electron chi connectivity index (χ1n) is 11.9. The van der Waals surface area contributed by atoms with Crippen LogP contribution in [0.1, 0.15) is 127 Å². The maximum Gasteiger partial charge on any atom is 0.122 e. The molecule has 2 heteroatoms. The highest BCUT2D eigenvalue weighted by molar-refractivity contribution is 5.53. The molecule has 0 aliphatic rings. The van der Waals surface area contributed by atoms with E-state index in [9.17, 15) is 10.2 Å². The van der Waals surface area contributed by atoms with Gasteiger partial charge in [0.2, 0.25) is 0 Å². The van der Waals surface area contributed by atoms with Gasteiger partial charge < -0.3 is 10.2 Å². The molecule has 0 fully saturated rings. The lowest BCUT2D eigenvalue weighted by Gasteiger charge is -2.26. The van der Waals surface area contributed by atoms with Gasteiger partial charge in [0, 0.05) is 6.42 Å². The Bertz CT molecular complexity index is 834. The molecule has 31 heavy (non-hydrogen) atoms. The van der Waals surface area contributed by atoms with Crippen LogP contribution in [-0.2, 0) is 17.3 Å². The van der Waals surface area contributed by atoms with E-state index in [0.29, 0.717) is 17.9 Å². The zero-order valence-electron chi connectivity index (χ0n) is 21.5. The van der Waals surface area contributed by atoms with Crippen LogP contribution in [-0.4, -0.2) is 10.2 Å². The molecule has 0 aliphatic heterocycles. The van der Waals surface area contributed by atoms with Gasteiger partial charge in [0.25, 0.3) is 0 Å². The number of aromatic hydroxyl groups is 2. The van der Waals surface area contributed by atoms with E-state index in [4.69, 9.17) is 0 Å². The van der Waals surface area contributed by atoms with Crippen LogP contribution in [0.5, 0.6) is 11.5 Å². The second kappa shape index (κ2) is 9.27. The third-order valence-electron chi connectivity index (χ3n) is 6.84. The van der Waals surface area contributed by atoms with Crippen LogP contribution in [0.2, 0.25) is 0 Å². The first-order valence-corrected chi connectivity index (χ1v) is 11.9. The number of phenols is 2. The standard InChI is InChI=1S/C29H44O2/c1-11-18(3)24-16-22(28(5,6)7)14-20(26(24)30)13-21-15-23(29(8,9)10)17-25(27(21)31)19(4)12-2/h14-19,30-31H,11-13H2,1-10H3/t18-,19+. The van der Waals surface area contributed by atoms with E-state index < -0.39 is 0 Å². The Kier molecular flexibility index (Phi) is 7.56. The quantitative estimate of drug-likeness (QED) is 0.489. The van der Waals surface area contributed by atoms with Crippen LogP contribution in [0.15, 0.2) is 24.3 Å². The SMILES string of the molecule is CC[C@@H](C)c1cc(C(C)(C)C)cc(Cc2cc(C(C)(C)C)cc([C@@H](C)CC)c2O)c1O. The van der Waals surface area contributed by atoms with Gasteiger partial charge in [-0.2, -0.15) is 0 Å². The van der Waals surface area contributed by atoms with Crippen molar-refractivity contribution in [2.24, 2.45) is 0 Å². The zero-order chi connectivity index (χ0) is 23.7. The Morgan fingerprint density at radius 3 is 1.23 bits per heavy atom. The molecule has 2 atom stereocenters. The van der Waals surface area contributed by atoms with Crippen LogP contribution in [0.4, 0.5) is 0 Å². The minimum atomic E-state index is -0.0121. The van der Waals surface area contributed by atoms with Crippen molar-refractivity contribution in [1.29, 1.82) is 0 Å². The molecule has 2 nitrogen and oxygen atoms in total. The van der Waals surface area contributed by atoms with Crippen LogP contribution >= 0.6 is 0 Å². The van der Waals surface area contributed by atoms with E-state index in [2.05, 4.69) is 93.5 Å². The number of benzene rings is 2. The van der Waals surface area contributed by atoms with Crippen LogP contribution < -0.4 is 0 Å². The van der Waals surface area contributed by atoms with E-state index in [1.165, 1.54) is 11.1 Å². The second-order valence-electron chi connectivity index (χ2n) is 11.4. The largest absolute Gasteiger partial charge is 0.507 e. The first kappa shape index (κ1) is 25.3. The number of hydrogen-bond acceptors (Lipinski definition) is 2. The summed E-state index contributed by atoms with van der Waals surface area (Å²) in [5.74, 6) is 1.33. The molecule has 2 rings (SSSR count). The lowest BCUT2D eigenvalue weighted by Crippen LogP contribution is -2.14. The molecule has 0 aliphatic carbocycles. The molecule has 0 aromatic heterocycles. The predicted octanol–water partition coefficient (Wildman–Crippen LogP) is 8.31. The highest BCUT2D eigenvalue weighted by Gasteiger charge is 2.24. The van der Waals surface area contributed by atoms with Crippen molar-refractivity contribution >= 4 is 0 Å². The molecule has 0 unspecified atom stereocenters. The van der Waals surface area contributed by atoms with Crippen molar-refractivity contribution < 1.29 is 10.2 Å². The lowest BCUT2D eigenvalue weighted by molar-refractivity contribution is 0.447. The summed E-state index contributed by atoms with van der Waals surface area (Å²) < 4.78 is 0. The first-order chi connectivity index (χ1) is 14.2. The third kappa shape index (κ3) is 5.64. The van der Waals surface area contributed by atoms with Crippen LogP contribution in [0.25, 0.3) is 0 Å². The number of phenolic OH excluding ortho intramolecular Hbond substituents is 2. The normalized spacial score (nSPS) is 14.5. The number of hydrogen-bond donors (Lipinski definition) is 2. The fourth-order valence-electron chi connectivity index (χ4n) is 3.97. The van der Waals surface area contributed by atoms with Gasteiger partial charge in [-0.15, -0.1) is 0 Å². The minimum absolute atomic E-state index is 0.0121. The van der Waals surface area contributed by atoms with Crippen LogP contribution in [0.3, 0.4) is 0 Å². The molecule has 0 saturated carbocycles. The molecule has 2 N–H and O–H groups in total. The Morgan fingerprint density at radius 1 is 0.645 bits per heavy atom. The Morgan fingerprint density at radius 2 is 0.968 bits per heavy atom. The summed E-state index contributed by atoms with van der Waals surface area (Å²) in [4.78, 5) is 0. The molecule has 0 saturated heterocycles. The average molecular weight is 425 g/mol. The lowest BCUT2D eigenvalue weighted by atomic mass is 9.80. The molecule has 2 aromatic carbocycles. The van der Waals surface area contributed by atoms with Gasteiger partial charge in [0.05, 0.1) is 0 Å². The Labute approximate surface area is 190 Å². The Balaban J connectivity index is 2.72. The molecule has 0 radical (unpaired) electrons. The van der Waals surface area contributed by atoms with Crippen molar-refractivity contribution in [2.45, 2.75) is 111 Å². The fraction of sp³-hybridized carbons (Fsp3) is 0.586. The maximum atomic E-state index is 11.2. The average Bonchev–Trinajstić information content (AvgIpc) is 2.67. The summed E-state index contributed by atoms with van der Waals surface area (Å²) in [5.41, 5.74) is 6.26. The highest BCUT2D eigenvalue weighted by atomic mass is 16.3. The van der Waals surface area contributed by atoms with E-state index >= 15 is 0 Å². The number of rotatable bonds is 6. The molecule has 172 valence electrons. The summed E-state index contributed by atoms with van der Waals surface area (Å²) in [5, 5.41) is 22.4. The highest BCUT2D eigenvalue weighted by Crippen LogP contribution is 2.41. The minimum Gasteiger partial charge on any atom is -0.507 e. The van der Waals surface area contributed by atoms with E-state index in [1.54, 1.807) is 0 Å². The summed E-state index contributed by atoms with van der Waals surface area (Å²) in [6.07, 6.45) is 2.48. The molecular formula is C29H44O2. The topological polar surface area (TPSA) is 40.5 Å². The molecule has 2 aromatic rings. The molecule has 0 spiro atoms. The molecule has 0 bridgehead atoms. The van der Waals surface area contributed by atoms with E-state index in [-0.39, 0.29) is 22.7 Å². The van der Waals surface area contributed by atoms with Gasteiger partial charge in [-0.25, -0.2) is 0 Å². The zero-order valence-corrected chi connectivity index (χ0v) is 21.5. The summed E-state index contributed by atoms with van der Waals surface area (Å²) in [7, 11) is 0. The van der Waals surface area contributed by atoms with Gasteiger partial charge in [-0.3, -0.25) is 0 Å². The predicted molar refractivity (Wildman–Crippen MR) is 134 cm³/mol. The molecule has 0 amide bonds. The third-order valence-corrected chi connectivity index (χ3v) is 6.84. The monoisotopic (exact) mass is 424 g/mol. The van der Waals surface area contributed by atoms with Crippen LogP contribution in [0, 0.1) is 0 Å². The Hall–Kier alpha value is -1.96. The van der Waals surface area contributed by atoms with Gasteiger partial charge in [0.1, 0.15) is 11.5 Å². The van der Waals surface area contributed by atoms with Gasteiger partial charge in [-0.05, 0) is 68.9 Å². The molecule has 0 heterocycles. The van der Waals surface area contributed by atoms with Gasteiger partial charge in [-0.1, -0.05) is 93.5 Å².